The van der Waals surface area contributed by atoms with Crippen molar-refractivity contribution in [2.45, 2.75) is 26.0 Å². The number of nitrogens with zero attached hydrogens (tertiary/aromatic N) is 3. The Morgan fingerprint density at radius 1 is 1.45 bits per heavy atom. The SMILES string of the molecule is CC1CN(C)CCC1n1c(CO)nc2cc(N)ccc21. The van der Waals surface area contributed by atoms with E-state index in [2.05, 4.69) is 28.4 Å². The minimum Gasteiger partial charge on any atom is -0.399 e. The molecular weight excluding hydrogens is 252 g/mol. The number of anilines is 1. The number of hydrogen-bond donors (Lipinski definition) is 2. The summed E-state index contributed by atoms with van der Waals surface area (Å²) in [5.74, 6) is 1.28. The number of likely N-dealkylation sites (tertiary alicyclic amines) is 1. The molecule has 1 aromatic carbocycles. The first kappa shape index (κ1) is 13.4. The van der Waals surface area contributed by atoms with Gasteiger partial charge in [-0.05, 0) is 44.1 Å². The molecule has 1 aliphatic heterocycles. The lowest BCUT2D eigenvalue weighted by Gasteiger charge is -2.36. The van der Waals surface area contributed by atoms with Gasteiger partial charge in [-0.15, -0.1) is 0 Å². The Kier molecular flexibility index (Phi) is 3.40. The smallest absolute Gasteiger partial charge is 0.135 e. The van der Waals surface area contributed by atoms with E-state index >= 15 is 0 Å². The molecule has 2 heterocycles. The van der Waals surface area contributed by atoms with E-state index in [1.807, 2.05) is 18.2 Å². The molecule has 0 spiro atoms. The maximum atomic E-state index is 9.63. The number of aromatic nitrogens is 2. The topological polar surface area (TPSA) is 67.3 Å². The van der Waals surface area contributed by atoms with E-state index in [1.54, 1.807) is 0 Å². The lowest BCUT2D eigenvalue weighted by Crippen LogP contribution is -2.38. The van der Waals surface area contributed by atoms with Crippen LogP contribution in [0.1, 0.15) is 25.2 Å². The van der Waals surface area contributed by atoms with Crippen molar-refractivity contribution < 1.29 is 5.11 Å². The summed E-state index contributed by atoms with van der Waals surface area (Å²) >= 11 is 0. The third-order valence-electron chi connectivity index (χ3n) is 4.32. The molecule has 0 aliphatic carbocycles. The van der Waals surface area contributed by atoms with Crippen LogP contribution in [0.15, 0.2) is 18.2 Å². The Balaban J connectivity index is 2.09. The van der Waals surface area contributed by atoms with Crippen LogP contribution in [-0.4, -0.2) is 39.7 Å². The zero-order valence-corrected chi connectivity index (χ0v) is 12.1. The molecule has 108 valence electrons. The zero-order valence-electron chi connectivity index (χ0n) is 12.1. The molecule has 20 heavy (non-hydrogen) atoms. The lowest BCUT2D eigenvalue weighted by atomic mass is 9.93. The molecule has 5 nitrogen and oxygen atoms in total. The number of aliphatic hydroxyl groups excluding tert-OH is 1. The van der Waals surface area contributed by atoms with Crippen molar-refractivity contribution in [3.63, 3.8) is 0 Å². The highest BCUT2D eigenvalue weighted by molar-refractivity contribution is 5.79. The van der Waals surface area contributed by atoms with Gasteiger partial charge in [0.1, 0.15) is 12.4 Å². The Bertz CT molecular complexity index is 622. The second-order valence-electron chi connectivity index (χ2n) is 5.90. The normalized spacial score (nSPS) is 24.4. The molecule has 3 N–H and O–H groups in total. The zero-order chi connectivity index (χ0) is 14.3. The van der Waals surface area contributed by atoms with Gasteiger partial charge in [-0.1, -0.05) is 6.92 Å². The molecule has 0 bridgehead atoms. The van der Waals surface area contributed by atoms with Crippen LogP contribution >= 0.6 is 0 Å². The van der Waals surface area contributed by atoms with Gasteiger partial charge in [0.25, 0.3) is 0 Å². The summed E-state index contributed by atoms with van der Waals surface area (Å²) in [4.78, 5) is 6.90. The largest absolute Gasteiger partial charge is 0.399 e. The first-order valence-electron chi connectivity index (χ1n) is 7.16. The van der Waals surface area contributed by atoms with E-state index in [4.69, 9.17) is 5.73 Å². The van der Waals surface area contributed by atoms with Crippen molar-refractivity contribution in [2.24, 2.45) is 5.92 Å². The predicted octanol–water partition coefficient (Wildman–Crippen LogP) is 1.62. The third kappa shape index (κ3) is 2.17. The van der Waals surface area contributed by atoms with Crippen LogP contribution in [0.2, 0.25) is 0 Å². The van der Waals surface area contributed by atoms with Gasteiger partial charge in [-0.2, -0.15) is 0 Å². The molecule has 2 unspecified atom stereocenters. The average Bonchev–Trinajstić information content (AvgIpc) is 2.76. The number of fused-ring (bicyclic) bond motifs is 1. The highest BCUT2D eigenvalue weighted by Gasteiger charge is 2.28. The Morgan fingerprint density at radius 2 is 2.25 bits per heavy atom. The number of rotatable bonds is 2. The molecule has 2 atom stereocenters. The van der Waals surface area contributed by atoms with E-state index < -0.39 is 0 Å². The maximum Gasteiger partial charge on any atom is 0.135 e. The third-order valence-corrected chi connectivity index (χ3v) is 4.32. The Labute approximate surface area is 119 Å². The van der Waals surface area contributed by atoms with Gasteiger partial charge < -0.3 is 20.3 Å². The van der Waals surface area contributed by atoms with Gasteiger partial charge in [0, 0.05) is 18.3 Å². The number of hydrogen-bond acceptors (Lipinski definition) is 4. The number of aliphatic hydroxyl groups is 1. The fraction of sp³-hybridized carbons (Fsp3) is 0.533. The van der Waals surface area contributed by atoms with Gasteiger partial charge in [-0.25, -0.2) is 4.98 Å². The Morgan fingerprint density at radius 3 is 2.95 bits per heavy atom. The summed E-state index contributed by atoms with van der Waals surface area (Å²) in [5, 5.41) is 9.63. The summed E-state index contributed by atoms with van der Waals surface area (Å²) in [6.45, 7) is 4.39. The predicted molar refractivity (Wildman–Crippen MR) is 80.4 cm³/mol. The van der Waals surface area contributed by atoms with E-state index in [0.717, 1.165) is 36.4 Å². The van der Waals surface area contributed by atoms with Crippen LogP contribution < -0.4 is 5.73 Å². The van der Waals surface area contributed by atoms with Crippen LogP contribution in [0.25, 0.3) is 11.0 Å². The fourth-order valence-corrected chi connectivity index (χ4v) is 3.37. The van der Waals surface area contributed by atoms with Crippen molar-refractivity contribution in [1.82, 2.24) is 14.5 Å². The van der Waals surface area contributed by atoms with E-state index in [-0.39, 0.29) is 6.61 Å². The van der Waals surface area contributed by atoms with Crippen LogP contribution in [0.5, 0.6) is 0 Å². The van der Waals surface area contributed by atoms with Gasteiger partial charge in [0.15, 0.2) is 0 Å². The molecule has 5 heteroatoms. The van der Waals surface area contributed by atoms with Crippen molar-refractivity contribution in [2.75, 3.05) is 25.9 Å². The van der Waals surface area contributed by atoms with Crippen LogP contribution in [0.4, 0.5) is 5.69 Å². The van der Waals surface area contributed by atoms with Crippen LogP contribution in [0.3, 0.4) is 0 Å². The molecule has 1 fully saturated rings. The molecule has 3 rings (SSSR count). The molecule has 1 saturated heterocycles. The van der Waals surface area contributed by atoms with Crippen molar-refractivity contribution in [3.05, 3.63) is 24.0 Å². The van der Waals surface area contributed by atoms with Gasteiger partial charge >= 0.3 is 0 Å². The van der Waals surface area contributed by atoms with Gasteiger partial charge in [0.2, 0.25) is 0 Å². The van der Waals surface area contributed by atoms with Crippen LogP contribution in [0, 0.1) is 5.92 Å². The van der Waals surface area contributed by atoms with Gasteiger partial charge in [0.05, 0.1) is 11.0 Å². The maximum absolute atomic E-state index is 9.63. The van der Waals surface area contributed by atoms with Crippen molar-refractivity contribution in [1.29, 1.82) is 0 Å². The van der Waals surface area contributed by atoms with Gasteiger partial charge in [-0.3, -0.25) is 0 Å². The summed E-state index contributed by atoms with van der Waals surface area (Å²) < 4.78 is 2.21. The van der Waals surface area contributed by atoms with Crippen LogP contribution in [-0.2, 0) is 6.61 Å². The molecule has 1 aliphatic rings. The minimum atomic E-state index is -0.0341. The fourth-order valence-electron chi connectivity index (χ4n) is 3.37. The quantitative estimate of drug-likeness (QED) is 0.817. The molecular formula is C15H22N4O. The number of benzene rings is 1. The summed E-state index contributed by atoms with van der Waals surface area (Å²) in [7, 11) is 2.16. The summed E-state index contributed by atoms with van der Waals surface area (Å²) in [5.41, 5.74) is 8.49. The van der Waals surface area contributed by atoms with E-state index in [0.29, 0.717) is 17.6 Å². The summed E-state index contributed by atoms with van der Waals surface area (Å²) in [6, 6.07) is 6.19. The van der Waals surface area contributed by atoms with Crippen molar-refractivity contribution >= 4 is 16.7 Å². The van der Waals surface area contributed by atoms with E-state index in [1.165, 1.54) is 0 Å². The second-order valence-corrected chi connectivity index (χ2v) is 5.90. The van der Waals surface area contributed by atoms with E-state index in [9.17, 15) is 5.11 Å². The second kappa shape index (κ2) is 5.07. The standard InChI is InChI=1S/C15H22N4O/c1-10-8-18(2)6-5-13(10)19-14-4-3-11(16)7-12(14)17-15(19)9-20/h3-4,7,10,13,20H,5-6,8-9,16H2,1-2H3. The molecule has 0 amide bonds. The highest BCUT2D eigenvalue weighted by Crippen LogP contribution is 2.32. The Hall–Kier alpha value is -1.59. The first-order chi connectivity index (χ1) is 9.60. The number of nitrogen functional groups attached to an aromatic ring is 1. The average molecular weight is 274 g/mol. The molecule has 0 radical (unpaired) electrons. The van der Waals surface area contributed by atoms with Crippen molar-refractivity contribution in [3.8, 4) is 0 Å². The number of piperidine rings is 1. The number of imidazole rings is 1. The lowest BCUT2D eigenvalue weighted by molar-refractivity contribution is 0.153. The molecule has 2 aromatic rings. The number of nitrogens with two attached hydrogens (primary N) is 1. The molecule has 1 aromatic heterocycles. The first-order valence-corrected chi connectivity index (χ1v) is 7.16. The highest BCUT2D eigenvalue weighted by atomic mass is 16.3. The summed E-state index contributed by atoms with van der Waals surface area (Å²) in [6.07, 6.45) is 1.08. The molecule has 0 saturated carbocycles. The monoisotopic (exact) mass is 274 g/mol. The minimum absolute atomic E-state index is 0.0341.